The number of hydrogen-bond donors (Lipinski definition) is 1. The van der Waals surface area contributed by atoms with Gasteiger partial charge in [0.2, 0.25) is 5.90 Å². The Balaban J connectivity index is 2.22. The molecule has 0 radical (unpaired) electrons. The Kier molecular flexibility index (Phi) is 5.96. The van der Waals surface area contributed by atoms with E-state index in [1.807, 2.05) is 44.2 Å². The average Bonchev–Trinajstić information content (AvgIpc) is 3.28. The third-order valence-corrected chi connectivity index (χ3v) is 4.32. The van der Waals surface area contributed by atoms with E-state index < -0.39 is 5.97 Å². The Labute approximate surface area is 168 Å². The van der Waals surface area contributed by atoms with Crippen LogP contribution in [-0.2, 0) is 16.0 Å². The maximum absolute atomic E-state index is 12.5. The average molecular weight is 396 g/mol. The number of nitrogens with two attached hydrogens (primary N) is 1. The van der Waals surface area contributed by atoms with Crippen LogP contribution in [0.25, 0.3) is 5.69 Å². The van der Waals surface area contributed by atoms with Crippen molar-refractivity contribution in [3.63, 3.8) is 0 Å². The molecule has 2 N–H and O–H groups in total. The number of hydrogen-bond acceptors (Lipinski definition) is 7. The molecule has 3 aromatic rings. The zero-order valence-electron chi connectivity index (χ0n) is 16.9. The quantitative estimate of drug-likeness (QED) is 0.390. The highest BCUT2D eigenvalue weighted by atomic mass is 16.5. The summed E-state index contributed by atoms with van der Waals surface area (Å²) < 4.78 is 14.0. The van der Waals surface area contributed by atoms with Gasteiger partial charge in [-0.2, -0.15) is 15.2 Å². The summed E-state index contributed by atoms with van der Waals surface area (Å²) in [6, 6.07) is 9.37. The highest BCUT2D eigenvalue weighted by Gasteiger charge is 2.23. The van der Waals surface area contributed by atoms with Crippen LogP contribution in [0, 0.1) is 6.92 Å². The van der Waals surface area contributed by atoms with E-state index >= 15 is 0 Å². The van der Waals surface area contributed by atoms with E-state index in [1.54, 1.807) is 16.3 Å². The summed E-state index contributed by atoms with van der Waals surface area (Å²) >= 11 is 0. The lowest BCUT2D eigenvalue weighted by atomic mass is 10.3. The fourth-order valence-corrected chi connectivity index (χ4v) is 2.90. The largest absolute Gasteiger partial charge is 0.479 e. The Hall–Kier alpha value is -3.62. The molecule has 2 aromatic heterocycles. The molecule has 0 saturated heterocycles. The summed E-state index contributed by atoms with van der Waals surface area (Å²) in [6.45, 7) is 6.33. The summed E-state index contributed by atoms with van der Waals surface area (Å²) in [5, 5.41) is 8.75. The summed E-state index contributed by atoms with van der Waals surface area (Å²) in [6.07, 6.45) is 1.43. The molecule has 9 heteroatoms. The normalized spacial score (nSPS) is 11.5. The Morgan fingerprint density at radius 1 is 1.24 bits per heavy atom. The van der Waals surface area contributed by atoms with Gasteiger partial charge in [-0.25, -0.2) is 9.48 Å². The number of benzene rings is 1. The van der Waals surface area contributed by atoms with Crippen LogP contribution in [0.3, 0.4) is 0 Å². The lowest BCUT2D eigenvalue weighted by Gasteiger charge is -2.10. The number of nitrogen functional groups attached to an aromatic ring is 1. The van der Waals surface area contributed by atoms with Crippen LogP contribution in [0.1, 0.15) is 35.6 Å². The number of aryl methyl sites for hydroxylation is 2. The number of aliphatic imine (C=N–C) groups is 1. The molecule has 0 aliphatic rings. The van der Waals surface area contributed by atoms with Crippen LogP contribution in [-0.4, -0.2) is 45.1 Å². The summed E-state index contributed by atoms with van der Waals surface area (Å²) in [5.74, 6) is -0.00220. The maximum atomic E-state index is 12.5. The molecule has 0 atom stereocenters. The van der Waals surface area contributed by atoms with E-state index in [2.05, 4.69) is 15.2 Å². The van der Waals surface area contributed by atoms with E-state index in [-0.39, 0.29) is 23.9 Å². The number of rotatable bonds is 6. The highest BCUT2D eigenvalue weighted by Crippen LogP contribution is 2.27. The van der Waals surface area contributed by atoms with Crippen molar-refractivity contribution < 1.29 is 14.3 Å². The van der Waals surface area contributed by atoms with Crippen molar-refractivity contribution in [2.45, 2.75) is 27.3 Å². The van der Waals surface area contributed by atoms with Crippen molar-refractivity contribution in [2.24, 2.45) is 4.99 Å². The van der Waals surface area contributed by atoms with Crippen molar-refractivity contribution in [3.8, 4) is 5.69 Å². The maximum Gasteiger partial charge on any atom is 0.343 e. The topological polar surface area (TPSA) is 110 Å². The third kappa shape index (κ3) is 3.84. The van der Waals surface area contributed by atoms with Crippen molar-refractivity contribution in [1.29, 1.82) is 0 Å². The van der Waals surface area contributed by atoms with Gasteiger partial charge >= 0.3 is 5.97 Å². The van der Waals surface area contributed by atoms with Gasteiger partial charge in [0.25, 0.3) is 0 Å². The molecule has 0 fully saturated rings. The van der Waals surface area contributed by atoms with Gasteiger partial charge in [-0.3, -0.25) is 4.68 Å². The molecule has 0 amide bonds. The van der Waals surface area contributed by atoms with E-state index in [9.17, 15) is 4.79 Å². The molecule has 0 spiro atoms. The fraction of sp³-hybridized carbons (Fsp3) is 0.300. The monoisotopic (exact) mass is 396 g/mol. The van der Waals surface area contributed by atoms with Gasteiger partial charge < -0.3 is 15.2 Å². The number of methoxy groups -OCH3 is 1. The molecular weight excluding hydrogens is 372 g/mol. The van der Waals surface area contributed by atoms with Crippen LogP contribution < -0.4 is 5.73 Å². The minimum atomic E-state index is -0.517. The number of ether oxygens (including phenoxy) is 2. The first-order valence-electron chi connectivity index (χ1n) is 9.28. The van der Waals surface area contributed by atoms with Gasteiger partial charge in [0.1, 0.15) is 11.3 Å². The first-order valence-corrected chi connectivity index (χ1v) is 9.28. The zero-order valence-corrected chi connectivity index (χ0v) is 16.9. The van der Waals surface area contributed by atoms with Crippen LogP contribution in [0.5, 0.6) is 0 Å². The van der Waals surface area contributed by atoms with Crippen LogP contribution in [0.2, 0.25) is 0 Å². The lowest BCUT2D eigenvalue weighted by Crippen LogP contribution is -2.14. The summed E-state index contributed by atoms with van der Waals surface area (Å²) in [4.78, 5) is 17.1. The second kappa shape index (κ2) is 8.59. The zero-order chi connectivity index (χ0) is 21.0. The van der Waals surface area contributed by atoms with Crippen molar-refractivity contribution >= 4 is 23.4 Å². The number of carbonyl (C=O) groups is 1. The van der Waals surface area contributed by atoms with E-state index in [0.29, 0.717) is 23.6 Å². The summed E-state index contributed by atoms with van der Waals surface area (Å²) in [5.41, 5.74) is 8.87. The molecule has 0 unspecified atom stereocenters. The van der Waals surface area contributed by atoms with Gasteiger partial charge in [0.15, 0.2) is 5.82 Å². The van der Waals surface area contributed by atoms with E-state index in [1.165, 1.54) is 13.3 Å². The minimum absolute atomic E-state index is 0.225. The number of esters is 1. The molecule has 152 valence electrons. The van der Waals surface area contributed by atoms with E-state index in [0.717, 1.165) is 5.69 Å². The molecule has 0 aliphatic carbocycles. The second-order valence-corrected chi connectivity index (χ2v) is 6.13. The lowest BCUT2D eigenvalue weighted by molar-refractivity contribution is 0.0527. The molecule has 1 aromatic carbocycles. The van der Waals surface area contributed by atoms with Gasteiger partial charge in [0.05, 0.1) is 37.0 Å². The molecule has 0 aliphatic heterocycles. The molecule has 9 nitrogen and oxygen atoms in total. The predicted molar refractivity (Wildman–Crippen MR) is 110 cm³/mol. The minimum Gasteiger partial charge on any atom is -0.479 e. The number of anilines is 1. The SMILES string of the molecule is CCOC(=O)c1cnn(-c2ccccc2)c1/N=C(/OC)c1c(N)c(C)nn1CC. The molecule has 29 heavy (non-hydrogen) atoms. The molecular formula is C20H24N6O3. The van der Waals surface area contributed by atoms with Crippen LogP contribution in [0.4, 0.5) is 11.5 Å². The number of carbonyl (C=O) groups excluding carboxylic acids is 1. The van der Waals surface area contributed by atoms with Crippen LogP contribution in [0.15, 0.2) is 41.5 Å². The van der Waals surface area contributed by atoms with Gasteiger partial charge in [-0.1, -0.05) is 18.2 Å². The molecule has 3 rings (SSSR count). The fourth-order valence-electron chi connectivity index (χ4n) is 2.90. The van der Waals surface area contributed by atoms with Crippen LogP contribution >= 0.6 is 0 Å². The Morgan fingerprint density at radius 2 is 1.97 bits per heavy atom. The van der Waals surface area contributed by atoms with Gasteiger partial charge in [-0.05, 0) is 32.9 Å². The Morgan fingerprint density at radius 3 is 2.59 bits per heavy atom. The number of para-hydroxylation sites is 1. The first kappa shape index (κ1) is 20.1. The number of nitrogens with zero attached hydrogens (tertiary/aromatic N) is 5. The molecule has 0 bridgehead atoms. The number of aromatic nitrogens is 4. The molecule has 0 saturated carbocycles. The van der Waals surface area contributed by atoms with Gasteiger partial charge in [0, 0.05) is 6.54 Å². The van der Waals surface area contributed by atoms with E-state index in [4.69, 9.17) is 15.2 Å². The van der Waals surface area contributed by atoms with Crippen molar-refractivity contribution in [2.75, 3.05) is 19.5 Å². The first-order chi connectivity index (χ1) is 14.0. The third-order valence-electron chi connectivity index (χ3n) is 4.32. The Bertz CT molecular complexity index is 1040. The van der Waals surface area contributed by atoms with Gasteiger partial charge in [-0.15, -0.1) is 0 Å². The van der Waals surface area contributed by atoms with Crippen molar-refractivity contribution in [3.05, 3.63) is 53.5 Å². The highest BCUT2D eigenvalue weighted by molar-refractivity contribution is 6.01. The second-order valence-electron chi connectivity index (χ2n) is 6.13. The van der Waals surface area contributed by atoms with Crippen molar-refractivity contribution in [1.82, 2.24) is 19.6 Å². The standard InChI is InChI=1S/C20H24N6O3/c1-5-25-17(16(21)13(3)24-25)19(28-4)23-18-15(20(27)29-6-2)12-22-26(18)14-10-8-7-9-11-14/h7-12H,5-6,21H2,1-4H3/b23-19+. The predicted octanol–water partition coefficient (Wildman–Crippen LogP) is 2.88. The molecule has 2 heterocycles. The summed E-state index contributed by atoms with van der Waals surface area (Å²) in [7, 11) is 1.49. The smallest absolute Gasteiger partial charge is 0.343 e.